The van der Waals surface area contributed by atoms with E-state index < -0.39 is 0 Å². The van der Waals surface area contributed by atoms with Crippen LogP contribution in [-0.4, -0.2) is 40.8 Å². The van der Waals surface area contributed by atoms with E-state index in [1.807, 2.05) is 0 Å². The molecule has 0 bridgehead atoms. The zero-order valence-corrected chi connectivity index (χ0v) is 13.8. The molecule has 1 saturated heterocycles. The first-order valence-corrected chi connectivity index (χ1v) is 7.43. The first-order chi connectivity index (χ1) is 11.2. The van der Waals surface area contributed by atoms with E-state index in [0.717, 1.165) is 6.42 Å². The Labute approximate surface area is 150 Å². The number of likely N-dealkylation sites (tertiary alicyclic amines) is 1. The average Bonchev–Trinajstić information content (AvgIpc) is 3.07. The van der Waals surface area contributed by atoms with E-state index in [2.05, 4.69) is 22.4 Å². The second kappa shape index (κ2) is 7.90. The Kier molecular flexibility index (Phi) is 5.90. The molecule has 0 spiro atoms. The molecule has 0 unspecified atom stereocenters. The normalized spacial score (nSPS) is 16.3. The summed E-state index contributed by atoms with van der Waals surface area (Å²) in [5.41, 5.74) is 1.14. The van der Waals surface area contributed by atoms with Crippen LogP contribution in [0.2, 0.25) is 0 Å². The Balaban J connectivity index is 0.00000208. The molecule has 0 aliphatic carbocycles. The van der Waals surface area contributed by atoms with Crippen LogP contribution in [0.5, 0.6) is 0 Å². The van der Waals surface area contributed by atoms with E-state index in [-0.39, 0.29) is 41.2 Å². The molecule has 125 valence electrons. The third-order valence-corrected chi connectivity index (χ3v) is 3.95. The number of nitrogens with zero attached hydrogens (tertiary/aromatic N) is 3. The van der Waals surface area contributed by atoms with Gasteiger partial charge in [-0.3, -0.25) is 9.59 Å². The van der Waals surface area contributed by atoms with Crippen LogP contribution in [0.3, 0.4) is 0 Å². The van der Waals surface area contributed by atoms with Crippen molar-refractivity contribution in [1.29, 1.82) is 5.26 Å². The summed E-state index contributed by atoms with van der Waals surface area (Å²) in [5.74, 6) is -0.557. The fourth-order valence-electron chi connectivity index (χ4n) is 2.79. The minimum Gasteiger partial charge on any atom is -0.343 e. The number of pyridine rings is 1. The molecular weight excluding hydrogens is 351 g/mol. The monoisotopic (exact) mass is 366 g/mol. The van der Waals surface area contributed by atoms with Gasteiger partial charge in [-0.1, -0.05) is 5.39 Å². The Bertz CT molecular complexity index is 797. The number of rotatable bonds is 3. The third-order valence-electron chi connectivity index (χ3n) is 3.95. The zero-order valence-electron chi connectivity index (χ0n) is 12.8. The van der Waals surface area contributed by atoms with Crippen LogP contribution in [0.15, 0.2) is 30.5 Å². The van der Waals surface area contributed by atoms with E-state index >= 15 is 0 Å². The van der Waals surface area contributed by atoms with Crippen LogP contribution < -0.4 is 5.32 Å². The molecular formula is C17H15CoN4O2-. The average molecular weight is 366 g/mol. The fourth-order valence-corrected chi connectivity index (χ4v) is 2.79. The first kappa shape index (κ1) is 17.9. The smallest absolute Gasteiger partial charge is 0.250 e. The molecule has 6 nitrogen and oxygen atoms in total. The number of amides is 2. The van der Waals surface area contributed by atoms with Crippen molar-refractivity contribution in [3.8, 4) is 6.07 Å². The summed E-state index contributed by atoms with van der Waals surface area (Å²) < 4.78 is 0. The van der Waals surface area contributed by atoms with Crippen molar-refractivity contribution in [2.24, 2.45) is 0 Å². The largest absolute Gasteiger partial charge is 0.343 e. The molecule has 0 saturated carbocycles. The first-order valence-electron chi connectivity index (χ1n) is 7.43. The van der Waals surface area contributed by atoms with E-state index in [4.69, 9.17) is 5.26 Å². The number of carbonyl (C=O) groups is 2. The molecule has 1 aromatic heterocycles. The quantitative estimate of drug-likeness (QED) is 0.830. The van der Waals surface area contributed by atoms with Gasteiger partial charge in [0.05, 0.1) is 12.6 Å². The maximum Gasteiger partial charge on any atom is 0.250 e. The van der Waals surface area contributed by atoms with Crippen molar-refractivity contribution in [3.63, 3.8) is 0 Å². The minimum atomic E-state index is -0.378. The second-order valence-electron chi connectivity index (χ2n) is 5.36. The van der Waals surface area contributed by atoms with Crippen LogP contribution >= 0.6 is 0 Å². The molecule has 1 aliphatic heterocycles. The van der Waals surface area contributed by atoms with Gasteiger partial charge in [0, 0.05) is 35.1 Å². The van der Waals surface area contributed by atoms with Gasteiger partial charge in [0.1, 0.15) is 6.04 Å². The summed E-state index contributed by atoms with van der Waals surface area (Å²) in [6.45, 7) is 0.459. The number of benzene rings is 1. The van der Waals surface area contributed by atoms with Crippen LogP contribution in [-0.2, 0) is 21.6 Å². The van der Waals surface area contributed by atoms with Crippen molar-refractivity contribution in [3.05, 3.63) is 42.1 Å². The van der Waals surface area contributed by atoms with Crippen molar-refractivity contribution in [2.45, 2.75) is 18.9 Å². The summed E-state index contributed by atoms with van der Waals surface area (Å²) in [4.78, 5) is 30.2. The van der Waals surface area contributed by atoms with Crippen molar-refractivity contribution in [2.75, 3.05) is 13.1 Å². The van der Waals surface area contributed by atoms with E-state index in [9.17, 15) is 9.59 Å². The number of nitriles is 1. The molecule has 1 atom stereocenters. The maximum absolute atomic E-state index is 12.3. The van der Waals surface area contributed by atoms with E-state index in [0.29, 0.717) is 29.4 Å². The number of hydrogen-bond donors (Lipinski definition) is 1. The Hall–Kier alpha value is -2.43. The summed E-state index contributed by atoms with van der Waals surface area (Å²) in [7, 11) is 0. The molecule has 1 N–H and O–H groups in total. The molecule has 3 rings (SSSR count). The number of hydrogen-bond acceptors (Lipinski definition) is 4. The van der Waals surface area contributed by atoms with Gasteiger partial charge < -0.3 is 15.2 Å². The summed E-state index contributed by atoms with van der Waals surface area (Å²) in [6, 6.07) is 11.5. The topological polar surface area (TPSA) is 86.1 Å². The predicted octanol–water partition coefficient (Wildman–Crippen LogP) is 1.28. The summed E-state index contributed by atoms with van der Waals surface area (Å²) in [6.07, 6.45) is 3.07. The Morgan fingerprint density at radius 3 is 3.08 bits per heavy atom. The van der Waals surface area contributed by atoms with E-state index in [1.54, 1.807) is 30.5 Å². The number of aromatic nitrogens is 1. The summed E-state index contributed by atoms with van der Waals surface area (Å²) >= 11 is 0. The van der Waals surface area contributed by atoms with Crippen LogP contribution in [0, 0.1) is 17.4 Å². The van der Waals surface area contributed by atoms with Gasteiger partial charge in [-0.05, 0) is 24.4 Å². The molecule has 1 fully saturated rings. The van der Waals surface area contributed by atoms with Crippen molar-refractivity contribution >= 4 is 22.7 Å². The Morgan fingerprint density at radius 2 is 2.29 bits per heavy atom. The number of carbonyl (C=O) groups excluding carboxylic acids is 2. The molecule has 1 aromatic carbocycles. The van der Waals surface area contributed by atoms with Gasteiger partial charge in [0.2, 0.25) is 11.8 Å². The number of fused-ring (bicyclic) bond motifs is 1. The summed E-state index contributed by atoms with van der Waals surface area (Å²) in [5, 5.41) is 12.4. The van der Waals surface area contributed by atoms with Gasteiger partial charge >= 0.3 is 0 Å². The maximum atomic E-state index is 12.3. The molecule has 24 heavy (non-hydrogen) atoms. The molecule has 2 heterocycles. The van der Waals surface area contributed by atoms with Crippen LogP contribution in [0.1, 0.15) is 23.2 Å². The molecule has 7 heteroatoms. The van der Waals surface area contributed by atoms with Crippen molar-refractivity contribution in [1.82, 2.24) is 15.2 Å². The van der Waals surface area contributed by atoms with Gasteiger partial charge in [-0.25, -0.2) is 0 Å². The molecule has 2 aromatic rings. The molecule has 2 amide bonds. The number of nitrogens with one attached hydrogen (secondary N) is 1. The second-order valence-corrected chi connectivity index (χ2v) is 5.36. The zero-order chi connectivity index (χ0) is 16.2. The third kappa shape index (κ3) is 3.55. The van der Waals surface area contributed by atoms with Gasteiger partial charge in [0.25, 0.3) is 0 Å². The van der Waals surface area contributed by atoms with Gasteiger partial charge in [-0.15, -0.1) is 0 Å². The molecule has 1 radical (unpaired) electrons. The standard InChI is InChI=1S/C17H15N4O2.Co/c18-10-12-4-3-9-21(12)16(22)11-20-17(23)14-7-8-19-15-6-2-1-5-13(14)15;/h1,5-8,12H,3-4,9,11H2,(H,20,23);/q-1;/t12-;/m0./s1. The van der Waals surface area contributed by atoms with Crippen LogP contribution in [0.25, 0.3) is 10.9 Å². The molecule has 1 aliphatic rings. The minimum absolute atomic E-state index is 0. The Morgan fingerprint density at radius 1 is 1.46 bits per heavy atom. The predicted molar refractivity (Wildman–Crippen MR) is 83.3 cm³/mol. The van der Waals surface area contributed by atoms with E-state index in [1.165, 1.54) is 4.90 Å². The van der Waals surface area contributed by atoms with Crippen molar-refractivity contribution < 1.29 is 26.4 Å². The SMILES string of the molecule is N#C[C@@H]1CCCN1C(=O)CNC(=O)c1ccnc2c[c-]ccc12.[Co]. The van der Waals surface area contributed by atoms with Gasteiger partial charge in [-0.2, -0.15) is 29.5 Å². The fraction of sp³-hybridized carbons (Fsp3) is 0.294. The van der Waals surface area contributed by atoms with Gasteiger partial charge in [0.15, 0.2) is 0 Å². The van der Waals surface area contributed by atoms with Crippen LogP contribution in [0.4, 0.5) is 0 Å².